The van der Waals surface area contributed by atoms with Crippen LogP contribution in [0.1, 0.15) is 37.4 Å². The molecule has 0 radical (unpaired) electrons. The van der Waals surface area contributed by atoms with E-state index >= 15 is 4.39 Å². The molecule has 0 fully saturated rings. The molecule has 0 unspecified atom stereocenters. The maximum Gasteiger partial charge on any atom is 0.226 e. The van der Waals surface area contributed by atoms with Crippen LogP contribution in [0.15, 0.2) is 36.4 Å². The summed E-state index contributed by atoms with van der Waals surface area (Å²) in [6, 6.07) is 9.83. The summed E-state index contributed by atoms with van der Waals surface area (Å²) >= 11 is 6.22. The minimum atomic E-state index is -0.533. The predicted octanol–water partition coefficient (Wildman–Crippen LogP) is 4.08. The van der Waals surface area contributed by atoms with Gasteiger partial charge in [-0.1, -0.05) is 36.7 Å². The van der Waals surface area contributed by atoms with Crippen LogP contribution in [0, 0.1) is 5.82 Å². The summed E-state index contributed by atoms with van der Waals surface area (Å²) in [4.78, 5) is 23.9. The molecule has 168 valence electrons. The van der Waals surface area contributed by atoms with Crippen molar-refractivity contribution in [2.75, 3.05) is 20.6 Å². The summed E-state index contributed by atoms with van der Waals surface area (Å²) in [7, 11) is 3.41. The highest BCUT2D eigenvalue weighted by Crippen LogP contribution is 2.36. The molecule has 8 heteroatoms. The third-order valence-electron chi connectivity index (χ3n) is 4.85. The van der Waals surface area contributed by atoms with Crippen LogP contribution in [-0.4, -0.2) is 43.9 Å². The van der Waals surface area contributed by atoms with Crippen LogP contribution in [0.5, 0.6) is 11.5 Å². The topological polar surface area (TPSA) is 70.7 Å². The average molecular weight is 450 g/mol. The molecule has 0 aliphatic heterocycles. The number of carbonyl (C=O) groups excluding carboxylic acids is 2. The van der Waals surface area contributed by atoms with Crippen LogP contribution in [0.4, 0.5) is 4.39 Å². The molecule has 31 heavy (non-hydrogen) atoms. The van der Waals surface area contributed by atoms with Crippen LogP contribution in [0.2, 0.25) is 5.02 Å². The number of amides is 2. The zero-order valence-electron chi connectivity index (χ0n) is 18.2. The predicted molar refractivity (Wildman–Crippen MR) is 120 cm³/mol. The first-order valence-corrected chi connectivity index (χ1v) is 10.5. The minimum Gasteiger partial charge on any atom is -0.453 e. The quantitative estimate of drug-likeness (QED) is 0.507. The highest BCUT2D eigenvalue weighted by Gasteiger charge is 2.22. The fraction of sp³-hybridized carbons (Fsp3) is 0.391. The maximum atomic E-state index is 15.3. The molecule has 0 aliphatic carbocycles. The molecule has 2 amide bonds. The summed E-state index contributed by atoms with van der Waals surface area (Å²) < 4.78 is 21.1. The standard InChI is InChI=1S/C23H29ClFN3O3/c1-5-20(27-15(2)13-26-14-29)18-10-11-19(24)23(22(18)25)31-17-8-6-16(7-9-17)12-21(30)28(3)4/h6-11,14-15,20,27H,5,12-13H2,1-4H3,(H,26,29)/t15-,20+/m0/s1. The third kappa shape index (κ3) is 6.94. The highest BCUT2D eigenvalue weighted by molar-refractivity contribution is 6.32. The van der Waals surface area contributed by atoms with Crippen LogP contribution in [0.25, 0.3) is 0 Å². The number of likely N-dealkylation sites (N-methyl/N-ethyl adjacent to an activating group) is 1. The average Bonchev–Trinajstić information content (AvgIpc) is 2.75. The zero-order valence-corrected chi connectivity index (χ0v) is 19.0. The molecule has 0 saturated heterocycles. The van der Waals surface area contributed by atoms with Gasteiger partial charge in [-0.05, 0) is 37.1 Å². The van der Waals surface area contributed by atoms with E-state index in [2.05, 4.69) is 10.6 Å². The lowest BCUT2D eigenvalue weighted by Gasteiger charge is -2.24. The number of carbonyl (C=O) groups is 2. The maximum absolute atomic E-state index is 15.3. The third-order valence-corrected chi connectivity index (χ3v) is 5.15. The summed E-state index contributed by atoms with van der Waals surface area (Å²) in [5.74, 6) is -0.167. The Labute approximate surface area is 187 Å². The van der Waals surface area contributed by atoms with E-state index in [0.29, 0.717) is 30.7 Å². The first kappa shape index (κ1) is 24.6. The first-order valence-electron chi connectivity index (χ1n) is 10.1. The number of nitrogens with zero attached hydrogens (tertiary/aromatic N) is 1. The molecule has 2 N–H and O–H groups in total. The van der Waals surface area contributed by atoms with Gasteiger partial charge in [0.2, 0.25) is 12.3 Å². The molecule has 2 aromatic rings. The molecule has 2 rings (SSSR count). The summed E-state index contributed by atoms with van der Waals surface area (Å²) in [6.45, 7) is 4.29. The SMILES string of the molecule is CC[C@@H](N[C@@H](C)CNC=O)c1ccc(Cl)c(Oc2ccc(CC(=O)N(C)C)cc2)c1F. The normalized spacial score (nSPS) is 12.7. The fourth-order valence-corrected chi connectivity index (χ4v) is 3.28. The van der Waals surface area contributed by atoms with Gasteiger partial charge in [-0.25, -0.2) is 4.39 Å². The van der Waals surface area contributed by atoms with Crippen molar-refractivity contribution in [2.45, 2.75) is 38.8 Å². The van der Waals surface area contributed by atoms with Crippen molar-refractivity contribution in [3.63, 3.8) is 0 Å². The van der Waals surface area contributed by atoms with Gasteiger partial charge in [0.1, 0.15) is 5.75 Å². The van der Waals surface area contributed by atoms with Gasteiger partial charge in [0.15, 0.2) is 11.6 Å². The van der Waals surface area contributed by atoms with Crippen LogP contribution < -0.4 is 15.4 Å². The lowest BCUT2D eigenvalue weighted by molar-refractivity contribution is -0.127. The lowest BCUT2D eigenvalue weighted by Crippen LogP contribution is -2.38. The first-order chi connectivity index (χ1) is 14.8. The zero-order chi connectivity index (χ0) is 23.0. The van der Waals surface area contributed by atoms with Gasteiger partial charge in [0, 0.05) is 38.3 Å². The Morgan fingerprint density at radius 2 is 1.90 bits per heavy atom. The Hall–Kier alpha value is -2.64. The number of halogens is 2. The highest BCUT2D eigenvalue weighted by atomic mass is 35.5. The van der Waals surface area contributed by atoms with Crippen molar-refractivity contribution in [1.82, 2.24) is 15.5 Å². The Morgan fingerprint density at radius 3 is 2.48 bits per heavy atom. The molecule has 0 aliphatic rings. The Kier molecular flexibility index (Phi) is 9.27. The van der Waals surface area contributed by atoms with Gasteiger partial charge >= 0.3 is 0 Å². The number of rotatable bonds is 11. The molecule has 0 bridgehead atoms. The van der Waals surface area contributed by atoms with Gasteiger partial charge in [0.25, 0.3) is 0 Å². The van der Waals surface area contributed by atoms with Crippen molar-refractivity contribution < 1.29 is 18.7 Å². The van der Waals surface area contributed by atoms with E-state index in [1.165, 1.54) is 4.90 Å². The van der Waals surface area contributed by atoms with Crippen molar-refractivity contribution in [3.8, 4) is 11.5 Å². The van der Waals surface area contributed by atoms with Crippen LogP contribution in [-0.2, 0) is 16.0 Å². The number of benzene rings is 2. The Balaban J connectivity index is 2.20. The van der Waals surface area contributed by atoms with Gasteiger partial charge in [0.05, 0.1) is 11.4 Å². The van der Waals surface area contributed by atoms with Crippen molar-refractivity contribution in [3.05, 3.63) is 58.4 Å². The molecule has 0 saturated carbocycles. The Bertz CT molecular complexity index is 890. The molecule has 2 aromatic carbocycles. The summed E-state index contributed by atoms with van der Waals surface area (Å²) in [5, 5.41) is 6.09. The van der Waals surface area contributed by atoms with Crippen molar-refractivity contribution in [1.29, 1.82) is 0 Å². The van der Waals surface area contributed by atoms with Gasteiger partial charge in [-0.2, -0.15) is 0 Å². The van der Waals surface area contributed by atoms with E-state index in [9.17, 15) is 9.59 Å². The largest absolute Gasteiger partial charge is 0.453 e. The smallest absolute Gasteiger partial charge is 0.226 e. The second kappa shape index (κ2) is 11.7. The monoisotopic (exact) mass is 449 g/mol. The van der Waals surface area contributed by atoms with E-state index < -0.39 is 5.82 Å². The number of ether oxygens (including phenoxy) is 1. The molecule has 0 spiro atoms. The molecule has 2 atom stereocenters. The van der Waals surface area contributed by atoms with Gasteiger partial charge < -0.3 is 20.3 Å². The lowest BCUT2D eigenvalue weighted by atomic mass is 10.0. The number of nitrogens with one attached hydrogen (secondary N) is 2. The molecule has 6 nitrogen and oxygen atoms in total. The minimum absolute atomic E-state index is 0.00821. The van der Waals surface area contributed by atoms with Crippen LogP contribution in [0.3, 0.4) is 0 Å². The Morgan fingerprint density at radius 1 is 1.23 bits per heavy atom. The second-order valence-corrected chi connectivity index (χ2v) is 7.95. The summed E-state index contributed by atoms with van der Waals surface area (Å²) in [6.07, 6.45) is 1.55. The van der Waals surface area contributed by atoms with E-state index in [1.54, 1.807) is 50.5 Å². The van der Waals surface area contributed by atoms with E-state index in [-0.39, 0.29) is 35.2 Å². The summed E-state index contributed by atoms with van der Waals surface area (Å²) in [5.41, 5.74) is 1.27. The van der Waals surface area contributed by atoms with E-state index in [0.717, 1.165) is 5.56 Å². The van der Waals surface area contributed by atoms with Gasteiger partial charge in [-0.15, -0.1) is 0 Å². The molecule has 0 aromatic heterocycles. The van der Waals surface area contributed by atoms with Crippen LogP contribution >= 0.6 is 11.6 Å². The molecular formula is C23H29ClFN3O3. The van der Waals surface area contributed by atoms with Gasteiger partial charge in [-0.3, -0.25) is 9.59 Å². The van der Waals surface area contributed by atoms with Crippen molar-refractivity contribution in [2.24, 2.45) is 0 Å². The number of hydrogen-bond acceptors (Lipinski definition) is 4. The van der Waals surface area contributed by atoms with E-state index in [1.807, 2.05) is 13.8 Å². The second-order valence-electron chi connectivity index (χ2n) is 7.55. The number of hydrogen-bond donors (Lipinski definition) is 2. The molecular weight excluding hydrogens is 421 g/mol. The fourth-order valence-electron chi connectivity index (χ4n) is 3.09. The van der Waals surface area contributed by atoms with Crippen molar-refractivity contribution >= 4 is 23.9 Å². The van der Waals surface area contributed by atoms with E-state index in [4.69, 9.17) is 16.3 Å². The molecule has 0 heterocycles.